The molecule has 1 heterocycles. The predicted molar refractivity (Wildman–Crippen MR) is 96.6 cm³/mol. The van der Waals surface area contributed by atoms with Gasteiger partial charge in [0.15, 0.2) is 0 Å². The maximum Gasteiger partial charge on any atom is 0.272 e. The highest BCUT2D eigenvalue weighted by Crippen LogP contribution is 2.32. The standard InChI is InChI=1S/C20H15ClN4O/c21-15-10-17-16(9-14(15)19(22)23)24-20(25-17)13-8-4-7-12(18(13)26)11-5-2-1-3-6-11/h1-10,20,26H,(H3,22,23)/p+1. The molecule has 0 spiro atoms. The van der Waals surface area contributed by atoms with E-state index in [2.05, 4.69) is 9.98 Å². The lowest BCUT2D eigenvalue weighted by atomic mass is 10.0. The van der Waals surface area contributed by atoms with Crippen molar-refractivity contribution < 1.29 is 15.5 Å². The maximum atomic E-state index is 13.0. The number of rotatable bonds is 3. The Labute approximate surface area is 154 Å². The van der Waals surface area contributed by atoms with Crippen LogP contribution in [0.1, 0.15) is 17.3 Å². The maximum absolute atomic E-state index is 13.0. The van der Waals surface area contributed by atoms with Crippen molar-refractivity contribution in [2.24, 2.45) is 10.7 Å². The van der Waals surface area contributed by atoms with E-state index in [0.717, 1.165) is 10.9 Å². The Hall–Kier alpha value is -3.18. The lowest BCUT2D eigenvalue weighted by Crippen LogP contribution is -2.77. The lowest BCUT2D eigenvalue weighted by Gasteiger charge is -2.18. The number of hydrogen-bond donors (Lipinski definition) is 3. The second-order valence-electron chi connectivity index (χ2n) is 6.07. The Morgan fingerprint density at radius 1 is 1.12 bits per heavy atom. The van der Waals surface area contributed by atoms with Gasteiger partial charge in [0.1, 0.15) is 5.36 Å². The number of nitrogens with one attached hydrogen (secondary N) is 1. The average Bonchev–Trinajstić information content (AvgIpc) is 3.04. The molecule has 0 fully saturated rings. The second kappa shape index (κ2) is 6.28. The van der Waals surface area contributed by atoms with Gasteiger partial charge in [0.25, 0.3) is 12.0 Å². The van der Waals surface area contributed by atoms with E-state index in [1.54, 1.807) is 18.2 Å². The van der Waals surface area contributed by atoms with E-state index in [4.69, 9.17) is 22.7 Å². The van der Waals surface area contributed by atoms with Gasteiger partial charge in [-0.15, -0.1) is 0 Å². The number of para-hydroxylation sites is 1. The first-order valence-corrected chi connectivity index (χ1v) is 8.47. The van der Waals surface area contributed by atoms with Crippen LogP contribution in [0.3, 0.4) is 0 Å². The van der Waals surface area contributed by atoms with Crippen LogP contribution in [0.15, 0.2) is 65.7 Å². The fraction of sp³-hybridized carbons (Fsp3) is 0.0500. The van der Waals surface area contributed by atoms with E-state index in [-0.39, 0.29) is 11.6 Å². The summed E-state index contributed by atoms with van der Waals surface area (Å²) in [5.41, 5.74) is 8.32. The molecule has 6 heteroatoms. The fourth-order valence-electron chi connectivity index (χ4n) is 3.09. The zero-order valence-electron chi connectivity index (χ0n) is 13.7. The molecule has 0 saturated heterocycles. The molecule has 5 nitrogen and oxygen atoms in total. The molecular weight excluding hydrogens is 348 g/mol. The van der Waals surface area contributed by atoms with Crippen LogP contribution in [0.25, 0.3) is 11.1 Å². The molecule has 1 unspecified atom stereocenters. The number of halogens is 1. The summed E-state index contributed by atoms with van der Waals surface area (Å²) in [6.07, 6.45) is -0.480. The number of amidine groups is 1. The van der Waals surface area contributed by atoms with E-state index >= 15 is 0 Å². The predicted octanol–water partition coefficient (Wildman–Crippen LogP) is -1.42. The molecule has 1 aliphatic rings. The van der Waals surface area contributed by atoms with Gasteiger partial charge in [-0.2, -0.15) is 0 Å². The first-order valence-electron chi connectivity index (χ1n) is 8.09. The number of benzene rings is 3. The topological polar surface area (TPSA) is 101 Å². The summed E-state index contributed by atoms with van der Waals surface area (Å²) in [5, 5.41) is 20.5. The largest absolute Gasteiger partial charge is 0.872 e. The minimum Gasteiger partial charge on any atom is -0.872 e. The molecule has 3 aromatic rings. The first kappa shape index (κ1) is 16.3. The van der Waals surface area contributed by atoms with Crippen LogP contribution < -0.4 is 32.0 Å². The summed E-state index contributed by atoms with van der Waals surface area (Å²) in [6.45, 7) is 0. The second-order valence-corrected chi connectivity index (χ2v) is 6.48. The van der Waals surface area contributed by atoms with Crippen molar-refractivity contribution in [3.05, 3.63) is 87.5 Å². The van der Waals surface area contributed by atoms with E-state index in [0.29, 0.717) is 27.1 Å². The lowest BCUT2D eigenvalue weighted by molar-refractivity contribution is -0.542. The van der Waals surface area contributed by atoms with Gasteiger partial charge in [-0.1, -0.05) is 65.9 Å². The third-order valence-corrected chi connectivity index (χ3v) is 4.69. The van der Waals surface area contributed by atoms with Crippen molar-refractivity contribution in [1.29, 1.82) is 0 Å². The van der Waals surface area contributed by atoms with Crippen molar-refractivity contribution in [1.82, 2.24) is 0 Å². The Kier molecular flexibility index (Phi) is 3.93. The molecular formula is C20H16ClN4O+. The molecule has 0 radical (unpaired) electrons. The quantitative estimate of drug-likeness (QED) is 0.393. The van der Waals surface area contributed by atoms with Crippen LogP contribution in [0.2, 0.25) is 5.02 Å². The molecule has 0 aliphatic carbocycles. The summed E-state index contributed by atoms with van der Waals surface area (Å²) in [5.74, 6) is 0.0858. The van der Waals surface area contributed by atoms with Gasteiger partial charge in [0.2, 0.25) is 5.36 Å². The van der Waals surface area contributed by atoms with Crippen molar-refractivity contribution in [3.63, 3.8) is 0 Å². The number of nitrogens with zero attached hydrogens (tertiary/aromatic N) is 1. The molecule has 3 aromatic carbocycles. The molecule has 128 valence electrons. The van der Waals surface area contributed by atoms with Crippen molar-refractivity contribution >= 4 is 17.4 Å². The SMILES string of the molecule is NC(=[NH2+])c1cc2c(cc1Cl)=NC(c1cccc(-c3ccccc3)c1[O-])[NH+]=2. The van der Waals surface area contributed by atoms with Crippen molar-refractivity contribution in [3.8, 4) is 16.9 Å². The van der Waals surface area contributed by atoms with Crippen molar-refractivity contribution in [2.75, 3.05) is 0 Å². The van der Waals surface area contributed by atoms with E-state index in [9.17, 15) is 5.11 Å². The molecule has 0 aromatic heterocycles. The first-order chi connectivity index (χ1) is 12.5. The molecule has 1 atom stereocenters. The average molecular weight is 364 g/mol. The highest BCUT2D eigenvalue weighted by atomic mass is 35.5. The third kappa shape index (κ3) is 2.72. The van der Waals surface area contributed by atoms with Crippen LogP contribution in [0.5, 0.6) is 5.75 Å². The fourth-order valence-corrected chi connectivity index (χ4v) is 3.35. The van der Waals surface area contributed by atoms with Gasteiger partial charge in [0, 0.05) is 11.6 Å². The molecule has 0 amide bonds. The van der Waals surface area contributed by atoms with Crippen LogP contribution in [0.4, 0.5) is 0 Å². The van der Waals surface area contributed by atoms with Gasteiger partial charge in [0.05, 0.1) is 10.6 Å². The monoisotopic (exact) mass is 363 g/mol. The highest BCUT2D eigenvalue weighted by Gasteiger charge is 2.22. The summed E-state index contributed by atoms with van der Waals surface area (Å²) >= 11 is 6.20. The summed E-state index contributed by atoms with van der Waals surface area (Å²) in [4.78, 5) is 7.84. The minimum absolute atomic E-state index is 0.0519. The Morgan fingerprint density at radius 2 is 1.88 bits per heavy atom. The Morgan fingerprint density at radius 3 is 2.62 bits per heavy atom. The molecule has 1 aliphatic heterocycles. The minimum atomic E-state index is -0.480. The summed E-state index contributed by atoms with van der Waals surface area (Å²) in [6, 6.07) is 18.5. The highest BCUT2D eigenvalue weighted by molar-refractivity contribution is 6.33. The zero-order chi connectivity index (χ0) is 18.3. The normalized spacial score (nSPS) is 15.0. The van der Waals surface area contributed by atoms with Gasteiger partial charge in [-0.25, -0.2) is 9.98 Å². The van der Waals surface area contributed by atoms with E-state index in [1.807, 2.05) is 42.5 Å². The number of nitrogens with two attached hydrogens (primary N) is 2. The number of fused-ring (bicyclic) bond motifs is 1. The Balaban J connectivity index is 1.82. The molecule has 26 heavy (non-hydrogen) atoms. The molecule has 4 rings (SSSR count). The molecule has 5 N–H and O–H groups in total. The van der Waals surface area contributed by atoms with Gasteiger partial charge in [-0.05, 0) is 17.2 Å². The number of hydrogen-bond acceptors (Lipinski definition) is 2. The van der Waals surface area contributed by atoms with Crippen LogP contribution >= 0.6 is 11.6 Å². The van der Waals surface area contributed by atoms with Crippen LogP contribution in [0, 0.1) is 0 Å². The van der Waals surface area contributed by atoms with E-state index in [1.165, 1.54) is 0 Å². The smallest absolute Gasteiger partial charge is 0.272 e. The third-order valence-electron chi connectivity index (χ3n) is 4.38. The van der Waals surface area contributed by atoms with Crippen LogP contribution in [-0.2, 0) is 0 Å². The van der Waals surface area contributed by atoms with Gasteiger partial charge < -0.3 is 5.11 Å². The van der Waals surface area contributed by atoms with Crippen molar-refractivity contribution in [2.45, 2.75) is 6.17 Å². The van der Waals surface area contributed by atoms with Gasteiger partial charge >= 0.3 is 0 Å². The Bertz CT molecular complexity index is 1140. The summed E-state index contributed by atoms with van der Waals surface area (Å²) in [7, 11) is 0. The molecule has 0 saturated carbocycles. The summed E-state index contributed by atoms with van der Waals surface area (Å²) < 4.78 is 0. The van der Waals surface area contributed by atoms with E-state index < -0.39 is 6.17 Å². The zero-order valence-corrected chi connectivity index (χ0v) is 14.5. The molecule has 0 bridgehead atoms. The van der Waals surface area contributed by atoms with Crippen LogP contribution in [-0.4, -0.2) is 5.84 Å². The van der Waals surface area contributed by atoms with Gasteiger partial charge in [-0.3, -0.25) is 11.1 Å².